The highest BCUT2D eigenvalue weighted by molar-refractivity contribution is 8.00. The maximum Gasteiger partial charge on any atom is 0.233 e. The van der Waals surface area contributed by atoms with E-state index >= 15 is 0 Å². The number of thioether (sulfide) groups is 1. The molecule has 20 heavy (non-hydrogen) atoms. The Balaban J connectivity index is 2.08. The van der Waals surface area contributed by atoms with Gasteiger partial charge in [0.05, 0.1) is 16.0 Å². The van der Waals surface area contributed by atoms with Crippen LogP contribution in [0.15, 0.2) is 22.8 Å². The molecule has 2 rings (SSSR count). The second kappa shape index (κ2) is 6.54. The third-order valence-electron chi connectivity index (χ3n) is 2.94. The first-order chi connectivity index (χ1) is 9.50. The van der Waals surface area contributed by atoms with E-state index in [-0.39, 0.29) is 18.0 Å². The number of hydrogen-bond acceptors (Lipinski definition) is 5. The first-order valence-corrected chi connectivity index (χ1v) is 8.49. The van der Waals surface area contributed by atoms with E-state index in [2.05, 4.69) is 9.97 Å². The van der Waals surface area contributed by atoms with Crippen LogP contribution < -0.4 is 0 Å². The number of fused-ring (bicyclic) bond motifs is 1. The van der Waals surface area contributed by atoms with E-state index in [4.69, 9.17) is 0 Å². The highest BCUT2D eigenvalue weighted by atomic mass is 32.2. The Bertz CT molecular complexity index is 587. The number of amides is 1. The predicted molar refractivity (Wildman–Crippen MR) is 85.3 cm³/mol. The average molecular weight is 309 g/mol. The zero-order chi connectivity index (χ0) is 14.7. The fraction of sp³-hybridized carbons (Fsp3) is 0.500. The molecule has 0 aliphatic carbocycles. The van der Waals surface area contributed by atoms with Crippen molar-refractivity contribution in [2.75, 3.05) is 5.75 Å². The summed E-state index contributed by atoms with van der Waals surface area (Å²) in [5, 5.41) is 2.89. The van der Waals surface area contributed by atoms with Crippen molar-refractivity contribution in [2.45, 2.75) is 44.8 Å². The van der Waals surface area contributed by atoms with E-state index in [0.717, 1.165) is 15.2 Å². The van der Waals surface area contributed by atoms with E-state index in [1.54, 1.807) is 17.7 Å². The van der Waals surface area contributed by atoms with E-state index in [1.165, 1.54) is 11.8 Å². The van der Waals surface area contributed by atoms with E-state index in [0.29, 0.717) is 5.75 Å². The molecule has 2 aromatic heterocycles. The molecule has 0 bridgehead atoms. The fourth-order valence-corrected chi connectivity index (χ4v) is 4.06. The second-order valence-corrected chi connectivity index (χ2v) is 6.97. The number of carbonyl (C=O) groups is 1. The smallest absolute Gasteiger partial charge is 0.233 e. The molecule has 6 heteroatoms. The predicted octanol–water partition coefficient (Wildman–Crippen LogP) is 3.43. The van der Waals surface area contributed by atoms with Crippen molar-refractivity contribution in [1.29, 1.82) is 0 Å². The van der Waals surface area contributed by atoms with Gasteiger partial charge in [0.25, 0.3) is 0 Å². The lowest BCUT2D eigenvalue weighted by Gasteiger charge is -2.30. The summed E-state index contributed by atoms with van der Waals surface area (Å²) < 4.78 is 1.06. The number of carbonyl (C=O) groups excluding carboxylic acids is 1. The zero-order valence-electron chi connectivity index (χ0n) is 12.2. The standard InChI is InChI=1S/C14H19N3OS2/c1-9(2)17(10(3)4)12(18)7-20-14-13-11(5-6-19-13)15-8-16-14/h5-6,8-10H,7H2,1-4H3. The summed E-state index contributed by atoms with van der Waals surface area (Å²) in [7, 11) is 0. The number of hydrogen-bond donors (Lipinski definition) is 0. The van der Waals surface area contributed by atoms with Gasteiger partial charge in [0.1, 0.15) is 11.4 Å². The minimum absolute atomic E-state index is 0.156. The first kappa shape index (κ1) is 15.3. The molecule has 2 heterocycles. The molecule has 0 aromatic carbocycles. The minimum Gasteiger partial charge on any atom is -0.337 e. The lowest BCUT2D eigenvalue weighted by atomic mass is 10.2. The van der Waals surface area contributed by atoms with Crippen LogP contribution in [0.1, 0.15) is 27.7 Å². The molecule has 0 saturated carbocycles. The summed E-state index contributed by atoms with van der Waals surface area (Å²) in [6.07, 6.45) is 1.56. The van der Waals surface area contributed by atoms with Crippen LogP contribution in [0.5, 0.6) is 0 Å². The zero-order valence-corrected chi connectivity index (χ0v) is 13.8. The van der Waals surface area contributed by atoms with Crippen molar-refractivity contribution in [3.63, 3.8) is 0 Å². The Kier molecular flexibility index (Phi) is 4.99. The summed E-state index contributed by atoms with van der Waals surface area (Å²) in [4.78, 5) is 22.8. The number of aromatic nitrogens is 2. The number of nitrogens with zero attached hydrogens (tertiary/aromatic N) is 3. The van der Waals surface area contributed by atoms with Crippen LogP contribution in [-0.4, -0.2) is 38.6 Å². The number of thiophene rings is 1. The van der Waals surface area contributed by atoms with Crippen LogP contribution in [0.4, 0.5) is 0 Å². The van der Waals surface area contributed by atoms with Gasteiger partial charge in [-0.2, -0.15) is 0 Å². The summed E-state index contributed by atoms with van der Waals surface area (Å²) in [5.41, 5.74) is 0.949. The van der Waals surface area contributed by atoms with Gasteiger partial charge in [-0.05, 0) is 39.1 Å². The van der Waals surface area contributed by atoms with Crippen LogP contribution in [0.25, 0.3) is 10.2 Å². The van der Waals surface area contributed by atoms with E-state index in [9.17, 15) is 4.79 Å². The molecule has 1 amide bonds. The van der Waals surface area contributed by atoms with Crippen molar-refractivity contribution in [1.82, 2.24) is 14.9 Å². The van der Waals surface area contributed by atoms with Crippen LogP contribution in [0, 0.1) is 0 Å². The molecular formula is C14H19N3OS2. The van der Waals surface area contributed by atoms with E-state index in [1.807, 2.05) is 44.0 Å². The van der Waals surface area contributed by atoms with Crippen LogP contribution >= 0.6 is 23.1 Å². The minimum atomic E-state index is 0.156. The molecule has 0 spiro atoms. The largest absolute Gasteiger partial charge is 0.337 e. The average Bonchev–Trinajstić information content (AvgIpc) is 2.83. The first-order valence-electron chi connectivity index (χ1n) is 6.63. The normalized spacial score (nSPS) is 11.5. The van der Waals surface area contributed by atoms with Crippen molar-refractivity contribution >= 4 is 39.2 Å². The molecule has 0 saturated heterocycles. The van der Waals surface area contributed by atoms with Gasteiger partial charge in [-0.25, -0.2) is 9.97 Å². The summed E-state index contributed by atoms with van der Waals surface area (Å²) >= 11 is 3.11. The van der Waals surface area contributed by atoms with Gasteiger partial charge in [0.2, 0.25) is 5.91 Å². The molecule has 0 fully saturated rings. The summed E-state index contributed by atoms with van der Waals surface area (Å²) in [6.45, 7) is 8.19. The van der Waals surface area contributed by atoms with Crippen molar-refractivity contribution < 1.29 is 4.79 Å². The summed E-state index contributed by atoms with van der Waals surface area (Å²) in [6, 6.07) is 2.41. The maximum atomic E-state index is 12.3. The Hall–Kier alpha value is -1.14. The molecule has 0 atom stereocenters. The SMILES string of the molecule is CC(C)N(C(=O)CSc1ncnc2ccsc12)C(C)C. The molecule has 108 valence electrons. The lowest BCUT2D eigenvalue weighted by Crippen LogP contribution is -2.43. The topological polar surface area (TPSA) is 46.1 Å². The van der Waals surface area contributed by atoms with Crippen LogP contribution in [0.2, 0.25) is 0 Å². The lowest BCUT2D eigenvalue weighted by molar-refractivity contribution is -0.131. The summed E-state index contributed by atoms with van der Waals surface area (Å²) in [5.74, 6) is 0.573. The molecule has 0 N–H and O–H groups in total. The Labute approximate surface area is 127 Å². The monoisotopic (exact) mass is 309 g/mol. The molecule has 2 aromatic rings. The molecule has 0 aliphatic rings. The third kappa shape index (κ3) is 3.30. The molecule has 4 nitrogen and oxygen atoms in total. The van der Waals surface area contributed by atoms with Gasteiger partial charge >= 0.3 is 0 Å². The quantitative estimate of drug-likeness (QED) is 0.627. The molecule has 0 aliphatic heterocycles. The second-order valence-electron chi connectivity index (χ2n) is 5.09. The Morgan fingerprint density at radius 2 is 2.00 bits per heavy atom. The Morgan fingerprint density at radius 1 is 1.30 bits per heavy atom. The maximum absolute atomic E-state index is 12.3. The fourth-order valence-electron chi connectivity index (χ4n) is 2.25. The Morgan fingerprint density at radius 3 is 2.65 bits per heavy atom. The van der Waals surface area contributed by atoms with Gasteiger partial charge < -0.3 is 4.90 Å². The molecule has 0 radical (unpaired) electrons. The van der Waals surface area contributed by atoms with Crippen molar-refractivity contribution in [3.05, 3.63) is 17.8 Å². The number of rotatable bonds is 5. The van der Waals surface area contributed by atoms with Crippen molar-refractivity contribution in [2.24, 2.45) is 0 Å². The van der Waals surface area contributed by atoms with Crippen LogP contribution in [-0.2, 0) is 4.79 Å². The molecule has 0 unspecified atom stereocenters. The third-order valence-corrected chi connectivity index (χ3v) is 4.96. The van der Waals surface area contributed by atoms with E-state index < -0.39 is 0 Å². The highest BCUT2D eigenvalue weighted by Crippen LogP contribution is 2.28. The highest BCUT2D eigenvalue weighted by Gasteiger charge is 2.20. The van der Waals surface area contributed by atoms with Gasteiger partial charge in [-0.15, -0.1) is 11.3 Å². The van der Waals surface area contributed by atoms with Gasteiger partial charge in [-0.3, -0.25) is 4.79 Å². The van der Waals surface area contributed by atoms with Crippen LogP contribution in [0.3, 0.4) is 0 Å². The van der Waals surface area contributed by atoms with Gasteiger partial charge in [0.15, 0.2) is 0 Å². The van der Waals surface area contributed by atoms with Gasteiger partial charge in [-0.1, -0.05) is 11.8 Å². The van der Waals surface area contributed by atoms with Gasteiger partial charge in [0, 0.05) is 12.1 Å². The van der Waals surface area contributed by atoms with Crippen molar-refractivity contribution in [3.8, 4) is 0 Å². The molecular weight excluding hydrogens is 290 g/mol.